The highest BCUT2D eigenvalue weighted by molar-refractivity contribution is 5.75. The SMILES string of the molecule is N#Cc1ccccc1COc1cc(F)cc(C=O)c1. The zero-order chi connectivity index (χ0) is 13.7. The predicted molar refractivity (Wildman–Crippen MR) is 67.3 cm³/mol. The average Bonchev–Trinajstić information content (AvgIpc) is 2.44. The van der Waals surface area contributed by atoms with Gasteiger partial charge in [-0.25, -0.2) is 4.39 Å². The minimum atomic E-state index is -0.534. The number of carbonyl (C=O) groups is 1. The fourth-order valence-corrected chi connectivity index (χ4v) is 1.65. The molecule has 0 saturated carbocycles. The average molecular weight is 255 g/mol. The van der Waals surface area contributed by atoms with E-state index < -0.39 is 5.82 Å². The van der Waals surface area contributed by atoms with Gasteiger partial charge in [-0.1, -0.05) is 18.2 Å². The van der Waals surface area contributed by atoms with Gasteiger partial charge < -0.3 is 4.74 Å². The van der Waals surface area contributed by atoms with Crippen LogP contribution in [-0.2, 0) is 6.61 Å². The first-order chi connectivity index (χ1) is 9.22. The molecule has 2 aromatic rings. The second-order valence-corrected chi connectivity index (χ2v) is 3.90. The van der Waals surface area contributed by atoms with E-state index in [-0.39, 0.29) is 17.9 Å². The highest BCUT2D eigenvalue weighted by Gasteiger charge is 2.04. The summed E-state index contributed by atoms with van der Waals surface area (Å²) in [5.74, 6) is -0.275. The number of nitrogens with zero attached hydrogens (tertiary/aromatic N) is 1. The van der Waals surface area contributed by atoms with Crippen LogP contribution < -0.4 is 4.74 Å². The molecule has 0 amide bonds. The molecule has 3 nitrogen and oxygen atoms in total. The summed E-state index contributed by atoms with van der Waals surface area (Å²) in [4.78, 5) is 10.6. The molecule has 0 aliphatic rings. The van der Waals surface area contributed by atoms with Crippen LogP contribution in [-0.4, -0.2) is 6.29 Å². The second-order valence-electron chi connectivity index (χ2n) is 3.90. The number of halogens is 1. The zero-order valence-corrected chi connectivity index (χ0v) is 9.97. The molecule has 0 aliphatic heterocycles. The Labute approximate surface area is 109 Å². The minimum Gasteiger partial charge on any atom is -0.489 e. The summed E-state index contributed by atoms with van der Waals surface area (Å²) in [6.45, 7) is 0.144. The van der Waals surface area contributed by atoms with E-state index in [1.165, 1.54) is 12.1 Å². The van der Waals surface area contributed by atoms with Gasteiger partial charge in [-0.05, 0) is 18.2 Å². The van der Waals surface area contributed by atoms with E-state index in [1.807, 2.05) is 0 Å². The monoisotopic (exact) mass is 255 g/mol. The van der Waals surface area contributed by atoms with Crippen LogP contribution in [0.1, 0.15) is 21.5 Å². The van der Waals surface area contributed by atoms with Crippen molar-refractivity contribution in [2.24, 2.45) is 0 Å². The molecule has 0 aromatic heterocycles. The lowest BCUT2D eigenvalue weighted by atomic mass is 10.1. The van der Waals surface area contributed by atoms with Gasteiger partial charge >= 0.3 is 0 Å². The van der Waals surface area contributed by atoms with Crippen LogP contribution in [0.4, 0.5) is 4.39 Å². The van der Waals surface area contributed by atoms with Gasteiger partial charge in [-0.3, -0.25) is 4.79 Å². The van der Waals surface area contributed by atoms with Gasteiger partial charge in [0, 0.05) is 17.2 Å². The lowest BCUT2D eigenvalue weighted by molar-refractivity contribution is 0.112. The summed E-state index contributed by atoms with van der Waals surface area (Å²) >= 11 is 0. The molecule has 0 fully saturated rings. The number of hydrogen-bond acceptors (Lipinski definition) is 3. The quantitative estimate of drug-likeness (QED) is 0.789. The zero-order valence-electron chi connectivity index (χ0n) is 9.97. The van der Waals surface area contributed by atoms with Crippen molar-refractivity contribution < 1.29 is 13.9 Å². The number of ether oxygens (including phenoxy) is 1. The molecule has 0 heterocycles. The number of carbonyl (C=O) groups excluding carboxylic acids is 1. The molecule has 0 unspecified atom stereocenters. The fourth-order valence-electron chi connectivity index (χ4n) is 1.65. The van der Waals surface area contributed by atoms with Gasteiger partial charge in [0.1, 0.15) is 24.5 Å². The molecule has 0 saturated heterocycles. The Balaban J connectivity index is 2.17. The van der Waals surface area contributed by atoms with Crippen molar-refractivity contribution in [3.05, 3.63) is 65.0 Å². The predicted octanol–water partition coefficient (Wildman–Crippen LogP) is 3.09. The Kier molecular flexibility index (Phi) is 3.89. The largest absolute Gasteiger partial charge is 0.489 e. The summed E-state index contributed by atoms with van der Waals surface area (Å²) in [6.07, 6.45) is 0.555. The minimum absolute atomic E-state index is 0.144. The van der Waals surface area contributed by atoms with E-state index in [1.54, 1.807) is 24.3 Å². The second kappa shape index (κ2) is 5.78. The van der Waals surface area contributed by atoms with Crippen molar-refractivity contribution in [3.63, 3.8) is 0 Å². The fraction of sp³-hybridized carbons (Fsp3) is 0.0667. The lowest BCUT2D eigenvalue weighted by Crippen LogP contribution is -1.99. The topological polar surface area (TPSA) is 50.1 Å². The molecule has 2 aromatic carbocycles. The number of nitriles is 1. The molecule has 2 rings (SSSR count). The van der Waals surface area contributed by atoms with Gasteiger partial charge in [-0.15, -0.1) is 0 Å². The van der Waals surface area contributed by atoms with Crippen LogP contribution in [0.5, 0.6) is 5.75 Å². The van der Waals surface area contributed by atoms with Crippen LogP contribution in [0.15, 0.2) is 42.5 Å². The Morgan fingerprint density at radius 1 is 1.26 bits per heavy atom. The smallest absolute Gasteiger partial charge is 0.150 e. The van der Waals surface area contributed by atoms with E-state index in [0.29, 0.717) is 17.4 Å². The molecule has 0 atom stereocenters. The summed E-state index contributed by atoms with van der Waals surface area (Å²) < 4.78 is 18.6. The van der Waals surface area contributed by atoms with Gasteiger partial charge in [0.25, 0.3) is 0 Å². The third-order valence-corrected chi connectivity index (χ3v) is 2.56. The maximum Gasteiger partial charge on any atom is 0.150 e. The molecule has 0 radical (unpaired) electrons. The van der Waals surface area contributed by atoms with Crippen molar-refractivity contribution in [1.29, 1.82) is 5.26 Å². The molecule has 19 heavy (non-hydrogen) atoms. The summed E-state index contributed by atoms with van der Waals surface area (Å²) in [5, 5.41) is 8.93. The first-order valence-corrected chi connectivity index (χ1v) is 5.59. The highest BCUT2D eigenvalue weighted by Crippen LogP contribution is 2.18. The van der Waals surface area contributed by atoms with Crippen molar-refractivity contribution in [2.45, 2.75) is 6.61 Å². The van der Waals surface area contributed by atoms with Gasteiger partial charge in [0.2, 0.25) is 0 Å². The van der Waals surface area contributed by atoms with Crippen LogP contribution in [0, 0.1) is 17.1 Å². The third kappa shape index (κ3) is 3.17. The molecular formula is C15H10FNO2. The van der Waals surface area contributed by atoms with Crippen LogP contribution in [0.25, 0.3) is 0 Å². The number of rotatable bonds is 4. The van der Waals surface area contributed by atoms with Crippen molar-refractivity contribution in [3.8, 4) is 11.8 Å². The highest BCUT2D eigenvalue weighted by atomic mass is 19.1. The van der Waals surface area contributed by atoms with E-state index in [9.17, 15) is 9.18 Å². The maximum absolute atomic E-state index is 13.2. The molecule has 94 valence electrons. The lowest BCUT2D eigenvalue weighted by Gasteiger charge is -2.08. The first-order valence-electron chi connectivity index (χ1n) is 5.59. The molecule has 0 aliphatic carbocycles. The standard InChI is InChI=1S/C15H10FNO2/c16-14-5-11(9-18)6-15(7-14)19-10-13-4-2-1-3-12(13)8-17/h1-7,9H,10H2. The Bertz CT molecular complexity index is 647. The van der Waals surface area contributed by atoms with E-state index >= 15 is 0 Å². The molecular weight excluding hydrogens is 245 g/mol. The van der Waals surface area contributed by atoms with E-state index in [2.05, 4.69) is 6.07 Å². The van der Waals surface area contributed by atoms with Gasteiger partial charge in [-0.2, -0.15) is 5.26 Å². The normalized spacial score (nSPS) is 9.68. The number of aldehydes is 1. The molecule has 0 N–H and O–H groups in total. The van der Waals surface area contributed by atoms with Crippen molar-refractivity contribution >= 4 is 6.29 Å². The Morgan fingerprint density at radius 3 is 2.79 bits per heavy atom. The van der Waals surface area contributed by atoms with Crippen molar-refractivity contribution in [2.75, 3.05) is 0 Å². The molecule has 0 spiro atoms. The van der Waals surface area contributed by atoms with Gasteiger partial charge in [0.15, 0.2) is 0 Å². The Hall–Kier alpha value is -2.67. The third-order valence-electron chi connectivity index (χ3n) is 2.56. The maximum atomic E-state index is 13.2. The van der Waals surface area contributed by atoms with E-state index in [4.69, 9.17) is 10.00 Å². The van der Waals surface area contributed by atoms with Crippen LogP contribution in [0.2, 0.25) is 0 Å². The summed E-state index contributed by atoms with van der Waals surface area (Å²) in [6, 6.07) is 12.8. The summed E-state index contributed by atoms with van der Waals surface area (Å²) in [7, 11) is 0. The number of benzene rings is 2. The first kappa shape index (κ1) is 12.8. The van der Waals surface area contributed by atoms with Crippen molar-refractivity contribution in [1.82, 2.24) is 0 Å². The van der Waals surface area contributed by atoms with Crippen LogP contribution >= 0.6 is 0 Å². The van der Waals surface area contributed by atoms with Gasteiger partial charge in [0.05, 0.1) is 11.6 Å². The summed E-state index contributed by atoms with van der Waals surface area (Å²) in [5.41, 5.74) is 1.43. The molecule has 4 heteroatoms. The Morgan fingerprint density at radius 2 is 2.05 bits per heavy atom. The number of hydrogen-bond donors (Lipinski definition) is 0. The molecule has 0 bridgehead atoms. The van der Waals surface area contributed by atoms with E-state index in [0.717, 1.165) is 6.07 Å². The van der Waals surface area contributed by atoms with Crippen LogP contribution in [0.3, 0.4) is 0 Å².